The third-order valence-corrected chi connectivity index (χ3v) is 3.77. The van der Waals surface area contributed by atoms with Gasteiger partial charge in [-0.15, -0.1) is 0 Å². The molecule has 0 fully saturated rings. The number of amides is 1. The molecule has 0 unspecified atom stereocenters. The van der Waals surface area contributed by atoms with Gasteiger partial charge >= 0.3 is 0 Å². The smallest absolute Gasteiger partial charge is 0.292 e. The van der Waals surface area contributed by atoms with Crippen LogP contribution in [0.4, 0.5) is 20.2 Å². The van der Waals surface area contributed by atoms with Crippen molar-refractivity contribution in [2.75, 3.05) is 18.4 Å². The molecule has 0 saturated carbocycles. The Morgan fingerprint density at radius 2 is 2.00 bits per heavy atom. The summed E-state index contributed by atoms with van der Waals surface area (Å²) < 4.78 is 25.0. The molecule has 2 rings (SSSR count). The number of halogens is 2. The lowest BCUT2D eigenvalue weighted by Crippen LogP contribution is -2.29. The number of aromatic nitrogens is 1. The van der Waals surface area contributed by atoms with Crippen molar-refractivity contribution in [3.63, 3.8) is 0 Å². The number of pyridine rings is 1. The van der Waals surface area contributed by atoms with Crippen LogP contribution in [-0.4, -0.2) is 34.7 Å². The summed E-state index contributed by atoms with van der Waals surface area (Å²) >= 11 is 0.199. The second-order valence-corrected chi connectivity index (χ2v) is 5.67. The molecule has 10 heteroatoms. The van der Waals surface area contributed by atoms with Crippen LogP contribution in [0.2, 0.25) is 0 Å². The van der Waals surface area contributed by atoms with Crippen LogP contribution < -0.4 is 10.6 Å². The van der Waals surface area contributed by atoms with Crippen molar-refractivity contribution in [1.29, 1.82) is 0 Å². The number of carbonyl (C=O) groups excluding carboxylic acids is 1. The third-order valence-electron chi connectivity index (χ3n) is 3.04. The van der Waals surface area contributed by atoms with E-state index >= 15 is 0 Å². The van der Waals surface area contributed by atoms with E-state index in [0.717, 1.165) is 0 Å². The van der Waals surface area contributed by atoms with Gasteiger partial charge in [0.05, 0.1) is 10.5 Å². The lowest BCUT2D eigenvalue weighted by molar-refractivity contribution is -0.384. The minimum Gasteiger partial charge on any atom is -0.378 e. The molecule has 0 bridgehead atoms. The molecule has 2 N–H and O–H groups in total. The van der Waals surface area contributed by atoms with Gasteiger partial charge in [-0.05, 0) is 30.0 Å². The number of anilines is 1. The molecule has 0 atom stereocenters. The van der Waals surface area contributed by atoms with Crippen molar-refractivity contribution in [2.45, 2.75) is 10.8 Å². The van der Waals surface area contributed by atoms with Gasteiger partial charge in [-0.25, -0.2) is 4.98 Å². The highest BCUT2D eigenvalue weighted by Gasteiger charge is 2.16. The van der Waals surface area contributed by atoms with Crippen LogP contribution in [0.25, 0.3) is 0 Å². The summed E-state index contributed by atoms with van der Waals surface area (Å²) in [5, 5.41) is 16.3. The first kappa shape index (κ1) is 18.6. The number of hydrogen-bond acceptors (Lipinski definition) is 6. The van der Waals surface area contributed by atoms with Crippen molar-refractivity contribution in [2.24, 2.45) is 0 Å². The largest absolute Gasteiger partial charge is 0.378 e. The molecule has 0 aliphatic carbocycles. The number of benzene rings is 1. The van der Waals surface area contributed by atoms with Crippen LogP contribution >= 0.6 is 11.8 Å². The average Bonchev–Trinajstić information content (AvgIpc) is 2.58. The Bertz CT molecular complexity index is 761. The maximum Gasteiger partial charge on any atom is 0.292 e. The molecule has 2 aromatic rings. The van der Waals surface area contributed by atoms with Crippen molar-refractivity contribution in [1.82, 2.24) is 10.3 Å². The van der Waals surface area contributed by atoms with Gasteiger partial charge < -0.3 is 10.6 Å². The van der Waals surface area contributed by atoms with Gasteiger partial charge in [-0.2, -0.15) is 8.78 Å². The number of nitrogens with zero attached hydrogens (tertiary/aromatic N) is 2. The molecule has 1 aromatic heterocycles. The Kier molecular flexibility index (Phi) is 6.63. The molecule has 0 aliphatic rings. The summed E-state index contributed by atoms with van der Waals surface area (Å²) in [6.45, 7) is 0.382. The minimum absolute atomic E-state index is 0.0540. The zero-order valence-corrected chi connectivity index (χ0v) is 13.6. The summed E-state index contributed by atoms with van der Waals surface area (Å²) in [6, 6.07) is 9.01. The second kappa shape index (κ2) is 8.92. The van der Waals surface area contributed by atoms with E-state index in [0.29, 0.717) is 5.69 Å². The average molecular weight is 368 g/mol. The van der Waals surface area contributed by atoms with Crippen LogP contribution in [0.15, 0.2) is 47.6 Å². The zero-order valence-electron chi connectivity index (χ0n) is 12.8. The normalized spacial score (nSPS) is 10.5. The fraction of sp³-hybridized carbons (Fsp3) is 0.200. The zero-order chi connectivity index (χ0) is 18.2. The van der Waals surface area contributed by atoms with E-state index < -0.39 is 16.6 Å². The molecule has 1 amide bonds. The van der Waals surface area contributed by atoms with Gasteiger partial charge in [0, 0.05) is 25.4 Å². The summed E-state index contributed by atoms with van der Waals surface area (Å²) in [5.41, 5.74) is 0.312. The molecule has 0 saturated heterocycles. The number of thioether (sulfide) groups is 1. The molecular weight excluding hydrogens is 354 g/mol. The van der Waals surface area contributed by atoms with Crippen LogP contribution in [0, 0.1) is 10.1 Å². The Morgan fingerprint density at radius 1 is 1.24 bits per heavy atom. The fourth-order valence-corrected chi connectivity index (χ4v) is 2.57. The number of nitro groups is 1. The first-order valence-corrected chi connectivity index (χ1v) is 8.02. The van der Waals surface area contributed by atoms with E-state index in [9.17, 15) is 23.7 Å². The number of para-hydroxylation sites is 2. The molecule has 0 aliphatic heterocycles. The number of nitro benzene ring substituents is 1. The van der Waals surface area contributed by atoms with Gasteiger partial charge in [0.1, 0.15) is 10.7 Å². The van der Waals surface area contributed by atoms with Gasteiger partial charge in [0.2, 0.25) is 0 Å². The summed E-state index contributed by atoms with van der Waals surface area (Å²) in [6.07, 6.45) is 1.33. The second-order valence-electron chi connectivity index (χ2n) is 4.69. The van der Waals surface area contributed by atoms with Gasteiger partial charge in [0.15, 0.2) is 0 Å². The molecule has 1 aromatic carbocycles. The van der Waals surface area contributed by atoms with Crippen molar-refractivity contribution < 1.29 is 18.5 Å². The Morgan fingerprint density at radius 3 is 2.72 bits per heavy atom. The van der Waals surface area contributed by atoms with Gasteiger partial charge in [-0.3, -0.25) is 14.9 Å². The van der Waals surface area contributed by atoms with Crippen molar-refractivity contribution in [3.8, 4) is 0 Å². The molecular formula is C15H14F2N4O3S. The number of nitrogens with one attached hydrogen (secondary N) is 2. The van der Waals surface area contributed by atoms with E-state index in [1.165, 1.54) is 24.4 Å². The number of carbonyl (C=O) groups is 1. The highest BCUT2D eigenvalue weighted by Crippen LogP contribution is 2.26. The predicted octanol–water partition coefficient (Wildman–Crippen LogP) is 3.15. The van der Waals surface area contributed by atoms with E-state index in [1.54, 1.807) is 18.2 Å². The highest BCUT2D eigenvalue weighted by molar-refractivity contribution is 7.99. The first-order valence-electron chi connectivity index (χ1n) is 7.14. The lowest BCUT2D eigenvalue weighted by atomic mass is 10.2. The Balaban J connectivity index is 1.91. The number of alkyl halides is 2. The first-order chi connectivity index (χ1) is 12.0. The predicted molar refractivity (Wildman–Crippen MR) is 90.0 cm³/mol. The van der Waals surface area contributed by atoms with Crippen LogP contribution in [0.5, 0.6) is 0 Å². The van der Waals surface area contributed by atoms with Crippen LogP contribution in [0.1, 0.15) is 10.4 Å². The maximum atomic E-state index is 12.5. The molecule has 1 heterocycles. The molecule has 25 heavy (non-hydrogen) atoms. The molecule has 7 nitrogen and oxygen atoms in total. The van der Waals surface area contributed by atoms with E-state index in [2.05, 4.69) is 15.6 Å². The number of hydrogen-bond donors (Lipinski definition) is 2. The van der Waals surface area contributed by atoms with E-state index in [1.807, 2.05) is 0 Å². The molecule has 0 radical (unpaired) electrons. The standard InChI is InChI=1S/C15H14F2N4O3S/c16-15(17)25-14-10(4-3-7-20-14)13(22)19-9-8-18-11-5-1-2-6-12(11)21(23)24/h1-7,15,18H,8-9H2,(H,19,22). The van der Waals surface area contributed by atoms with Gasteiger partial charge in [-0.1, -0.05) is 12.1 Å². The quantitative estimate of drug-likeness (QED) is 0.322. The minimum atomic E-state index is -2.68. The topological polar surface area (TPSA) is 97.2 Å². The Labute approximate surface area is 146 Å². The van der Waals surface area contributed by atoms with Crippen molar-refractivity contribution in [3.05, 3.63) is 58.3 Å². The summed E-state index contributed by atoms with van der Waals surface area (Å²) in [5.74, 6) is -3.22. The summed E-state index contributed by atoms with van der Waals surface area (Å²) in [4.78, 5) is 26.3. The van der Waals surface area contributed by atoms with Crippen LogP contribution in [-0.2, 0) is 0 Å². The third kappa shape index (κ3) is 5.38. The Hall–Kier alpha value is -2.75. The molecule has 0 spiro atoms. The number of rotatable bonds is 8. The highest BCUT2D eigenvalue weighted by atomic mass is 32.2. The summed E-state index contributed by atoms with van der Waals surface area (Å²) in [7, 11) is 0. The van der Waals surface area contributed by atoms with E-state index in [4.69, 9.17) is 0 Å². The van der Waals surface area contributed by atoms with Crippen molar-refractivity contribution >= 4 is 29.0 Å². The fourth-order valence-electron chi connectivity index (χ4n) is 1.99. The lowest BCUT2D eigenvalue weighted by Gasteiger charge is -2.10. The SMILES string of the molecule is O=C(NCCNc1ccccc1[N+](=O)[O-])c1cccnc1SC(F)F. The van der Waals surface area contributed by atoms with E-state index in [-0.39, 0.29) is 41.1 Å². The van der Waals surface area contributed by atoms with Crippen LogP contribution in [0.3, 0.4) is 0 Å². The maximum absolute atomic E-state index is 12.5. The van der Waals surface area contributed by atoms with Gasteiger partial charge in [0.25, 0.3) is 17.4 Å². The monoisotopic (exact) mass is 368 g/mol. The molecule has 132 valence electrons.